The van der Waals surface area contributed by atoms with Crippen molar-refractivity contribution in [1.29, 1.82) is 0 Å². The number of amides is 2. The summed E-state index contributed by atoms with van der Waals surface area (Å²) in [5.74, 6) is 0.103. The summed E-state index contributed by atoms with van der Waals surface area (Å²) in [7, 11) is 0. The lowest BCUT2D eigenvalue weighted by atomic mass is 9.67. The van der Waals surface area contributed by atoms with Gasteiger partial charge in [0.1, 0.15) is 0 Å². The smallest absolute Gasteiger partial charge is 0.230 e. The van der Waals surface area contributed by atoms with Crippen LogP contribution in [0.4, 0.5) is 0 Å². The molecule has 2 N–H and O–H groups in total. The molecule has 2 saturated carbocycles. The summed E-state index contributed by atoms with van der Waals surface area (Å²) in [4.78, 5) is 26.9. The van der Waals surface area contributed by atoms with E-state index in [1.165, 1.54) is 25.7 Å². The number of nitrogens with zero attached hydrogens (tertiary/aromatic N) is 1. The Morgan fingerprint density at radius 3 is 2.10 bits per heavy atom. The number of imide groups is 1. The van der Waals surface area contributed by atoms with E-state index in [0.29, 0.717) is 12.8 Å². The van der Waals surface area contributed by atoms with Crippen molar-refractivity contribution >= 4 is 11.8 Å². The second kappa shape index (κ2) is 6.07. The van der Waals surface area contributed by atoms with E-state index in [1.54, 1.807) is 4.90 Å². The molecule has 4 nitrogen and oxygen atoms in total. The van der Waals surface area contributed by atoms with Crippen LogP contribution in [-0.4, -0.2) is 28.8 Å². The molecule has 3 aliphatic rings. The Hall–Kier alpha value is -0.900. The first kappa shape index (κ1) is 15.0. The van der Waals surface area contributed by atoms with Crippen LogP contribution in [0, 0.1) is 5.41 Å². The third kappa shape index (κ3) is 3.01. The predicted octanol–water partition coefficient (Wildman–Crippen LogP) is 2.75. The molecular formula is C17H28N2O2. The van der Waals surface area contributed by atoms with Gasteiger partial charge in [0.05, 0.1) is 6.04 Å². The monoisotopic (exact) mass is 292 g/mol. The zero-order valence-corrected chi connectivity index (χ0v) is 13.0. The number of carbonyl (C=O) groups excluding carboxylic acids is 2. The van der Waals surface area contributed by atoms with E-state index in [9.17, 15) is 9.59 Å². The Bertz CT molecular complexity index is 395. The van der Waals surface area contributed by atoms with Crippen LogP contribution in [0.3, 0.4) is 0 Å². The first-order chi connectivity index (χ1) is 10.1. The molecule has 0 bridgehead atoms. The second-order valence-electron chi connectivity index (χ2n) is 7.44. The van der Waals surface area contributed by atoms with Crippen molar-refractivity contribution in [2.45, 2.75) is 89.1 Å². The Morgan fingerprint density at radius 2 is 1.43 bits per heavy atom. The van der Waals surface area contributed by atoms with E-state index in [-0.39, 0.29) is 29.3 Å². The number of carbonyl (C=O) groups is 2. The minimum Gasteiger partial charge on any atom is -0.326 e. The second-order valence-corrected chi connectivity index (χ2v) is 7.44. The van der Waals surface area contributed by atoms with Gasteiger partial charge < -0.3 is 5.73 Å². The van der Waals surface area contributed by atoms with E-state index in [0.717, 1.165) is 38.5 Å². The molecule has 2 aliphatic carbocycles. The van der Waals surface area contributed by atoms with Crippen molar-refractivity contribution in [3.8, 4) is 0 Å². The summed E-state index contributed by atoms with van der Waals surface area (Å²) in [6.07, 6.45) is 12.0. The fourth-order valence-electron chi connectivity index (χ4n) is 4.68. The van der Waals surface area contributed by atoms with E-state index in [2.05, 4.69) is 0 Å². The Balaban J connectivity index is 1.75. The molecule has 1 aliphatic heterocycles. The SMILES string of the molecule is NC1CCCCCC1N1C(=O)CC2(CCCCC2)CC1=O. The van der Waals surface area contributed by atoms with Gasteiger partial charge in [-0.15, -0.1) is 0 Å². The van der Waals surface area contributed by atoms with Gasteiger partial charge in [-0.25, -0.2) is 0 Å². The molecule has 4 heteroatoms. The number of piperidine rings is 1. The summed E-state index contributed by atoms with van der Waals surface area (Å²) in [6, 6.07) is -0.0748. The lowest BCUT2D eigenvalue weighted by molar-refractivity contribution is -0.158. The van der Waals surface area contributed by atoms with Gasteiger partial charge in [0, 0.05) is 18.9 Å². The van der Waals surface area contributed by atoms with Crippen molar-refractivity contribution in [3.63, 3.8) is 0 Å². The topological polar surface area (TPSA) is 63.4 Å². The largest absolute Gasteiger partial charge is 0.326 e. The summed E-state index contributed by atoms with van der Waals surface area (Å²) in [5.41, 5.74) is 6.24. The van der Waals surface area contributed by atoms with E-state index in [4.69, 9.17) is 5.73 Å². The summed E-state index contributed by atoms with van der Waals surface area (Å²) in [6.45, 7) is 0. The van der Waals surface area contributed by atoms with Gasteiger partial charge in [-0.3, -0.25) is 14.5 Å². The summed E-state index contributed by atoms with van der Waals surface area (Å²) < 4.78 is 0. The molecular weight excluding hydrogens is 264 g/mol. The van der Waals surface area contributed by atoms with Crippen molar-refractivity contribution in [2.75, 3.05) is 0 Å². The van der Waals surface area contributed by atoms with Gasteiger partial charge in [-0.1, -0.05) is 38.5 Å². The zero-order valence-electron chi connectivity index (χ0n) is 13.0. The maximum atomic E-state index is 12.7. The molecule has 118 valence electrons. The molecule has 2 amide bonds. The average Bonchev–Trinajstić information content (AvgIpc) is 2.64. The number of hydrogen-bond acceptors (Lipinski definition) is 3. The van der Waals surface area contributed by atoms with Crippen LogP contribution in [0.1, 0.15) is 77.0 Å². The fourth-order valence-corrected chi connectivity index (χ4v) is 4.68. The molecule has 2 unspecified atom stereocenters. The highest BCUT2D eigenvalue weighted by atomic mass is 16.2. The molecule has 1 spiro atoms. The third-order valence-electron chi connectivity index (χ3n) is 5.87. The first-order valence-electron chi connectivity index (χ1n) is 8.72. The number of nitrogens with two attached hydrogens (primary N) is 1. The maximum Gasteiger partial charge on any atom is 0.230 e. The van der Waals surface area contributed by atoms with Gasteiger partial charge in [0.15, 0.2) is 0 Å². The molecule has 0 aromatic carbocycles. The molecule has 1 saturated heterocycles. The molecule has 3 rings (SSSR count). The van der Waals surface area contributed by atoms with Crippen LogP contribution < -0.4 is 5.73 Å². The highest BCUT2D eigenvalue weighted by Gasteiger charge is 2.46. The third-order valence-corrected chi connectivity index (χ3v) is 5.87. The minimum atomic E-state index is -0.0477. The Morgan fingerprint density at radius 1 is 0.857 bits per heavy atom. The number of likely N-dealkylation sites (tertiary alicyclic amines) is 1. The highest BCUT2D eigenvalue weighted by Crippen LogP contribution is 2.46. The summed E-state index contributed by atoms with van der Waals surface area (Å²) >= 11 is 0. The highest BCUT2D eigenvalue weighted by molar-refractivity contribution is 5.99. The molecule has 1 heterocycles. The van der Waals surface area contributed by atoms with E-state index in [1.807, 2.05) is 0 Å². The van der Waals surface area contributed by atoms with Crippen molar-refractivity contribution in [1.82, 2.24) is 4.90 Å². The molecule has 21 heavy (non-hydrogen) atoms. The predicted molar refractivity (Wildman–Crippen MR) is 81.5 cm³/mol. The quantitative estimate of drug-likeness (QED) is 0.597. The minimum absolute atomic E-state index is 0.0161. The molecule has 0 aromatic heterocycles. The van der Waals surface area contributed by atoms with Crippen molar-refractivity contribution < 1.29 is 9.59 Å². The maximum absolute atomic E-state index is 12.7. The van der Waals surface area contributed by atoms with E-state index < -0.39 is 0 Å². The lowest BCUT2D eigenvalue weighted by Gasteiger charge is -2.45. The van der Waals surface area contributed by atoms with Crippen molar-refractivity contribution in [3.05, 3.63) is 0 Å². The van der Waals surface area contributed by atoms with Crippen molar-refractivity contribution in [2.24, 2.45) is 11.1 Å². The fraction of sp³-hybridized carbons (Fsp3) is 0.882. The summed E-state index contributed by atoms with van der Waals surface area (Å²) in [5, 5.41) is 0. The normalized spacial score (nSPS) is 34.0. The van der Waals surface area contributed by atoms with Crippen LogP contribution in [0.5, 0.6) is 0 Å². The van der Waals surface area contributed by atoms with Crippen LogP contribution >= 0.6 is 0 Å². The molecule has 0 aromatic rings. The van der Waals surface area contributed by atoms with Gasteiger partial charge in [-0.2, -0.15) is 0 Å². The van der Waals surface area contributed by atoms with Gasteiger partial charge in [0.2, 0.25) is 11.8 Å². The molecule has 3 fully saturated rings. The number of hydrogen-bond donors (Lipinski definition) is 1. The Kier molecular flexibility index (Phi) is 4.34. The van der Waals surface area contributed by atoms with E-state index >= 15 is 0 Å². The van der Waals surface area contributed by atoms with Crippen LogP contribution in [0.25, 0.3) is 0 Å². The molecule has 0 radical (unpaired) electrons. The van der Waals surface area contributed by atoms with Gasteiger partial charge in [0.25, 0.3) is 0 Å². The lowest BCUT2D eigenvalue weighted by Crippen LogP contribution is -2.57. The van der Waals surface area contributed by atoms with Crippen LogP contribution in [0.15, 0.2) is 0 Å². The van der Waals surface area contributed by atoms with Gasteiger partial charge in [-0.05, 0) is 31.1 Å². The van der Waals surface area contributed by atoms with Gasteiger partial charge >= 0.3 is 0 Å². The average molecular weight is 292 g/mol. The Labute approximate surface area is 127 Å². The van der Waals surface area contributed by atoms with Crippen LogP contribution in [-0.2, 0) is 9.59 Å². The number of rotatable bonds is 1. The van der Waals surface area contributed by atoms with Crippen LogP contribution in [0.2, 0.25) is 0 Å². The first-order valence-corrected chi connectivity index (χ1v) is 8.72. The zero-order chi connectivity index (χ0) is 14.9. The molecule has 2 atom stereocenters. The standard InChI is InChI=1S/C17H28N2O2/c18-13-7-3-1-4-8-14(13)19-15(20)11-17(12-16(19)21)9-5-2-6-10-17/h13-14H,1-12,18H2.